The summed E-state index contributed by atoms with van der Waals surface area (Å²) in [5.74, 6) is 2.44. The Balaban J connectivity index is 1.12. The highest BCUT2D eigenvalue weighted by atomic mass is 32.1. The molecule has 1 spiro atoms. The fraction of sp³-hybridized carbons (Fsp3) is 0.0196. The Kier molecular flexibility index (Phi) is 5.95. The normalized spacial score (nSPS) is 13.6. The van der Waals surface area contributed by atoms with E-state index in [1.807, 2.05) is 18.2 Å². The van der Waals surface area contributed by atoms with Crippen LogP contribution in [0.2, 0.25) is 0 Å². The minimum Gasteiger partial charge on any atom is -0.457 e. The van der Waals surface area contributed by atoms with Gasteiger partial charge >= 0.3 is 0 Å². The molecule has 8 aromatic carbocycles. The summed E-state index contributed by atoms with van der Waals surface area (Å²) in [4.78, 5) is 10.8. The third-order valence-corrected chi connectivity index (χ3v) is 13.1. The first-order chi connectivity index (χ1) is 27.7. The molecule has 13 rings (SSSR count). The van der Waals surface area contributed by atoms with Crippen LogP contribution in [-0.4, -0.2) is 9.97 Å². The number of rotatable bonds is 2. The first-order valence-electron chi connectivity index (χ1n) is 18.9. The predicted molar refractivity (Wildman–Crippen MR) is 228 cm³/mol. The van der Waals surface area contributed by atoms with Crippen molar-refractivity contribution < 1.29 is 9.15 Å². The average molecular weight is 733 g/mol. The highest BCUT2D eigenvalue weighted by Crippen LogP contribution is 2.63. The maximum Gasteiger partial charge on any atom is 0.160 e. The van der Waals surface area contributed by atoms with Crippen molar-refractivity contribution in [1.29, 1.82) is 0 Å². The highest BCUT2D eigenvalue weighted by molar-refractivity contribution is 7.26. The molecule has 5 heteroatoms. The lowest BCUT2D eigenvalue weighted by Gasteiger charge is -2.39. The topological polar surface area (TPSA) is 48.2 Å². The van der Waals surface area contributed by atoms with Crippen molar-refractivity contribution in [1.82, 2.24) is 9.97 Å². The second kappa shape index (κ2) is 11.0. The van der Waals surface area contributed by atoms with Crippen molar-refractivity contribution in [3.8, 4) is 45.3 Å². The summed E-state index contributed by atoms with van der Waals surface area (Å²) < 4.78 is 15.1. The number of furan rings is 1. The van der Waals surface area contributed by atoms with Gasteiger partial charge in [-0.3, -0.25) is 0 Å². The van der Waals surface area contributed by atoms with Crippen LogP contribution in [0.15, 0.2) is 174 Å². The van der Waals surface area contributed by atoms with Crippen LogP contribution in [0.25, 0.3) is 86.8 Å². The van der Waals surface area contributed by atoms with Crippen LogP contribution in [0.4, 0.5) is 0 Å². The summed E-state index contributed by atoms with van der Waals surface area (Å²) >= 11 is 1.76. The Hall–Kier alpha value is -7.08. The van der Waals surface area contributed by atoms with Crippen molar-refractivity contribution in [2.24, 2.45) is 0 Å². The molecule has 0 atom stereocenters. The fourth-order valence-corrected chi connectivity index (χ4v) is 10.7. The van der Waals surface area contributed by atoms with Crippen LogP contribution in [0.3, 0.4) is 0 Å². The molecule has 4 heterocycles. The van der Waals surface area contributed by atoms with Gasteiger partial charge in [-0.05, 0) is 93.7 Å². The molecule has 1 aliphatic heterocycles. The largest absolute Gasteiger partial charge is 0.457 e. The van der Waals surface area contributed by atoms with Crippen LogP contribution in [-0.2, 0) is 5.41 Å². The lowest BCUT2D eigenvalue weighted by Crippen LogP contribution is -2.32. The lowest BCUT2D eigenvalue weighted by molar-refractivity contribution is 0.436. The average Bonchev–Trinajstić information content (AvgIpc) is 3.91. The molecule has 11 aromatic rings. The van der Waals surface area contributed by atoms with Crippen molar-refractivity contribution >= 4 is 64.4 Å². The summed E-state index contributed by atoms with van der Waals surface area (Å²) in [6.45, 7) is 0. The molecule has 0 bridgehead atoms. The second-order valence-electron chi connectivity index (χ2n) is 14.8. The molecule has 0 saturated carbocycles. The number of hydrogen-bond donors (Lipinski definition) is 0. The Morgan fingerprint density at radius 2 is 1.12 bits per heavy atom. The number of aromatic nitrogens is 2. The summed E-state index contributed by atoms with van der Waals surface area (Å²) in [5.41, 5.74) is 12.2. The van der Waals surface area contributed by atoms with E-state index in [0.29, 0.717) is 5.82 Å². The van der Waals surface area contributed by atoms with Crippen molar-refractivity contribution in [3.63, 3.8) is 0 Å². The quantitative estimate of drug-likeness (QED) is 0.178. The third-order valence-electron chi connectivity index (χ3n) is 11.9. The van der Waals surface area contributed by atoms with E-state index >= 15 is 0 Å². The van der Waals surface area contributed by atoms with Crippen molar-refractivity contribution in [2.45, 2.75) is 5.41 Å². The highest BCUT2D eigenvalue weighted by Gasteiger charge is 2.51. The van der Waals surface area contributed by atoms with E-state index in [0.717, 1.165) is 77.0 Å². The van der Waals surface area contributed by atoms with Crippen LogP contribution >= 0.6 is 11.3 Å². The molecule has 2 aliphatic rings. The zero-order valence-electron chi connectivity index (χ0n) is 29.8. The molecule has 0 unspecified atom stereocenters. The van der Waals surface area contributed by atoms with E-state index in [1.165, 1.54) is 37.7 Å². The summed E-state index contributed by atoms with van der Waals surface area (Å²) in [6.07, 6.45) is 0. The molecule has 0 fully saturated rings. The van der Waals surface area contributed by atoms with E-state index in [9.17, 15) is 0 Å². The van der Waals surface area contributed by atoms with Crippen LogP contribution < -0.4 is 4.74 Å². The Bertz CT molecular complexity index is 3440. The number of para-hydroxylation sites is 3. The molecule has 0 saturated heterocycles. The number of thiophene rings is 1. The molecule has 56 heavy (non-hydrogen) atoms. The van der Waals surface area contributed by atoms with Gasteiger partial charge in [-0.1, -0.05) is 109 Å². The van der Waals surface area contributed by atoms with Gasteiger partial charge in [0, 0.05) is 43.1 Å². The smallest absolute Gasteiger partial charge is 0.160 e. The monoisotopic (exact) mass is 732 g/mol. The molecule has 1 aliphatic carbocycles. The van der Waals surface area contributed by atoms with Gasteiger partial charge in [0.2, 0.25) is 0 Å². The molecule has 0 N–H and O–H groups in total. The van der Waals surface area contributed by atoms with Gasteiger partial charge in [0.05, 0.1) is 21.3 Å². The minimum absolute atomic E-state index is 0.612. The van der Waals surface area contributed by atoms with Gasteiger partial charge in [-0.25, -0.2) is 9.97 Å². The maximum atomic E-state index is 6.68. The van der Waals surface area contributed by atoms with E-state index in [4.69, 9.17) is 19.1 Å². The SMILES string of the molecule is c1ccc2c(c1)Oc1ccccc1C21c2cc(-c3nc(-c4ccc5oc6ccccc6c5c4)nc4c3sc3ccccc34)ccc2-c2cc3ccccc3cc21. The molecule has 260 valence electrons. The van der Waals surface area contributed by atoms with Gasteiger partial charge in [-0.2, -0.15) is 0 Å². The second-order valence-corrected chi connectivity index (χ2v) is 15.9. The van der Waals surface area contributed by atoms with Gasteiger partial charge in [-0.15, -0.1) is 11.3 Å². The standard InChI is InChI=1S/C51H28N2O2S/c1-2-12-30-27-41-36(25-29(30)11-1)33-23-21-31(28-40(33)51(41)38-15-5-8-18-44(38)55-45-19-9-6-16-39(45)51)47-49-48(35-14-4-10-20-46(35)56-49)53-50(52-47)32-22-24-43-37(26-32)34-13-3-7-17-42(34)54-43/h1-28H. The van der Waals surface area contributed by atoms with Crippen molar-refractivity contribution in [3.05, 3.63) is 192 Å². The van der Waals surface area contributed by atoms with Gasteiger partial charge < -0.3 is 9.15 Å². The molecule has 0 radical (unpaired) electrons. The third kappa shape index (κ3) is 3.97. The number of fused-ring (bicyclic) bond motifs is 16. The van der Waals surface area contributed by atoms with E-state index < -0.39 is 5.41 Å². The molecular formula is C51H28N2O2S. The number of hydrogen-bond acceptors (Lipinski definition) is 5. The van der Waals surface area contributed by atoms with E-state index in [2.05, 4.69) is 152 Å². The predicted octanol–water partition coefficient (Wildman–Crippen LogP) is 13.7. The van der Waals surface area contributed by atoms with Crippen LogP contribution in [0.1, 0.15) is 22.3 Å². The van der Waals surface area contributed by atoms with E-state index in [-0.39, 0.29) is 0 Å². The summed E-state index contributed by atoms with van der Waals surface area (Å²) in [7, 11) is 0. The number of benzene rings is 8. The van der Waals surface area contributed by atoms with Gasteiger partial charge in [0.25, 0.3) is 0 Å². The molecular weight excluding hydrogens is 705 g/mol. The van der Waals surface area contributed by atoms with Gasteiger partial charge in [0.1, 0.15) is 22.7 Å². The zero-order chi connectivity index (χ0) is 36.5. The van der Waals surface area contributed by atoms with Crippen molar-refractivity contribution in [2.75, 3.05) is 0 Å². The molecule has 0 amide bonds. The molecule has 3 aromatic heterocycles. The van der Waals surface area contributed by atoms with E-state index in [1.54, 1.807) is 11.3 Å². The summed E-state index contributed by atoms with van der Waals surface area (Å²) in [6, 6.07) is 60.6. The fourth-order valence-electron chi connectivity index (χ4n) is 9.51. The first-order valence-corrected chi connectivity index (χ1v) is 19.7. The number of nitrogens with zero attached hydrogens (tertiary/aromatic N) is 2. The Morgan fingerprint density at radius 3 is 1.96 bits per heavy atom. The van der Waals surface area contributed by atoms with Crippen LogP contribution in [0, 0.1) is 0 Å². The molecule has 4 nitrogen and oxygen atoms in total. The summed E-state index contributed by atoms with van der Waals surface area (Å²) in [5, 5.41) is 5.72. The zero-order valence-corrected chi connectivity index (χ0v) is 30.6. The minimum atomic E-state index is -0.612. The van der Waals surface area contributed by atoms with Gasteiger partial charge in [0.15, 0.2) is 5.82 Å². The number of ether oxygens (including phenoxy) is 1. The Labute approximate surface area is 324 Å². The first kappa shape index (κ1) is 30.3. The van der Waals surface area contributed by atoms with Crippen LogP contribution in [0.5, 0.6) is 11.5 Å². The lowest BCUT2D eigenvalue weighted by atomic mass is 9.65. The maximum absolute atomic E-state index is 6.68. The Morgan fingerprint density at radius 1 is 0.464 bits per heavy atom.